The number of nitro benzene ring substituents is 1. The Kier molecular flexibility index (Phi) is 3.40. The lowest BCUT2D eigenvalue weighted by atomic mass is 10.2. The Morgan fingerprint density at radius 2 is 2.19 bits per heavy atom. The minimum absolute atomic E-state index is 0.0854. The molecule has 0 atom stereocenters. The number of fused-ring (bicyclic) bond motifs is 1. The molecule has 7 nitrogen and oxygen atoms in total. The lowest BCUT2D eigenvalue weighted by molar-refractivity contribution is -0.384. The van der Waals surface area contributed by atoms with E-state index in [2.05, 4.69) is 15.0 Å². The molecule has 0 bridgehead atoms. The Morgan fingerprint density at radius 1 is 1.38 bits per heavy atom. The van der Waals surface area contributed by atoms with Gasteiger partial charge in [0.25, 0.3) is 5.69 Å². The molecule has 106 valence electrons. The van der Waals surface area contributed by atoms with E-state index in [9.17, 15) is 10.1 Å². The van der Waals surface area contributed by atoms with E-state index in [4.69, 9.17) is 16.3 Å². The topological polar surface area (TPSA) is 91.0 Å². The summed E-state index contributed by atoms with van der Waals surface area (Å²) in [5.41, 5.74) is 0.959. The van der Waals surface area contributed by atoms with Gasteiger partial charge < -0.3 is 4.74 Å². The molecule has 0 N–H and O–H groups in total. The smallest absolute Gasteiger partial charge is 0.288 e. The summed E-state index contributed by atoms with van der Waals surface area (Å²) in [5, 5.41) is 11.6. The number of nitrogens with zero attached hydrogens (tertiary/aromatic N) is 4. The van der Waals surface area contributed by atoms with E-state index in [1.54, 1.807) is 6.07 Å². The third kappa shape index (κ3) is 2.39. The summed E-state index contributed by atoms with van der Waals surface area (Å²) in [6, 6.07) is 4.54. The van der Waals surface area contributed by atoms with Gasteiger partial charge in [-0.3, -0.25) is 10.1 Å². The van der Waals surface area contributed by atoms with Crippen molar-refractivity contribution in [3.05, 3.63) is 39.7 Å². The molecule has 0 aliphatic rings. The second-order valence-corrected chi connectivity index (χ2v) is 5.36. The van der Waals surface area contributed by atoms with Crippen LogP contribution in [0.3, 0.4) is 0 Å². The SMILES string of the molecule is COc1ncnc2sc(-c3ccc(Cl)c([N+](=O)[O-])c3)nc12. The van der Waals surface area contributed by atoms with Gasteiger partial charge in [-0.1, -0.05) is 22.9 Å². The van der Waals surface area contributed by atoms with E-state index in [0.29, 0.717) is 26.8 Å². The number of benzene rings is 1. The monoisotopic (exact) mass is 322 g/mol. The zero-order valence-electron chi connectivity index (χ0n) is 10.6. The van der Waals surface area contributed by atoms with Crippen molar-refractivity contribution in [1.29, 1.82) is 0 Å². The fourth-order valence-corrected chi connectivity index (χ4v) is 2.87. The molecule has 0 unspecified atom stereocenters. The van der Waals surface area contributed by atoms with Gasteiger partial charge in [-0.25, -0.2) is 9.97 Å². The molecule has 1 aromatic carbocycles. The highest BCUT2D eigenvalue weighted by Crippen LogP contribution is 2.35. The van der Waals surface area contributed by atoms with E-state index < -0.39 is 4.92 Å². The maximum Gasteiger partial charge on any atom is 0.288 e. The standard InChI is InChI=1S/C12H7ClN4O3S/c1-20-10-9-12(15-5-14-10)21-11(16-9)6-2-3-7(13)8(4-6)17(18)19/h2-5H,1H3. The van der Waals surface area contributed by atoms with Gasteiger partial charge >= 0.3 is 0 Å². The maximum absolute atomic E-state index is 10.9. The number of ether oxygens (including phenoxy) is 1. The molecule has 9 heteroatoms. The van der Waals surface area contributed by atoms with Crippen LogP contribution in [-0.4, -0.2) is 27.0 Å². The average Bonchev–Trinajstić information content (AvgIpc) is 2.91. The molecule has 0 radical (unpaired) electrons. The van der Waals surface area contributed by atoms with Gasteiger partial charge in [-0.2, -0.15) is 4.98 Å². The Morgan fingerprint density at radius 3 is 2.90 bits per heavy atom. The number of hydrogen-bond donors (Lipinski definition) is 0. The minimum Gasteiger partial charge on any atom is -0.479 e. The lowest BCUT2D eigenvalue weighted by Crippen LogP contribution is -1.90. The van der Waals surface area contributed by atoms with Crippen molar-refractivity contribution < 1.29 is 9.66 Å². The summed E-state index contributed by atoms with van der Waals surface area (Å²) in [5.74, 6) is 0.367. The van der Waals surface area contributed by atoms with Crippen molar-refractivity contribution in [2.24, 2.45) is 0 Å². The van der Waals surface area contributed by atoms with Crippen LogP contribution in [0.25, 0.3) is 20.9 Å². The third-order valence-corrected chi connectivity index (χ3v) is 4.08. The number of hydrogen-bond acceptors (Lipinski definition) is 7. The molecule has 3 rings (SSSR count). The number of methoxy groups -OCH3 is 1. The normalized spacial score (nSPS) is 10.8. The van der Waals surface area contributed by atoms with Crippen LogP contribution < -0.4 is 4.74 Å². The van der Waals surface area contributed by atoms with E-state index in [1.807, 2.05) is 0 Å². The second-order valence-electron chi connectivity index (χ2n) is 3.98. The Balaban J connectivity index is 2.17. The molecule has 2 aromatic heterocycles. The van der Waals surface area contributed by atoms with Crippen LogP contribution in [0.2, 0.25) is 5.02 Å². The van der Waals surface area contributed by atoms with Crippen LogP contribution in [0.5, 0.6) is 5.88 Å². The zero-order chi connectivity index (χ0) is 15.0. The molecule has 0 aliphatic carbocycles. The highest BCUT2D eigenvalue weighted by atomic mass is 35.5. The number of nitro groups is 1. The molecule has 2 heterocycles. The number of rotatable bonds is 3. The molecule has 0 aliphatic heterocycles. The highest BCUT2D eigenvalue weighted by molar-refractivity contribution is 7.21. The van der Waals surface area contributed by atoms with Crippen LogP contribution >= 0.6 is 22.9 Å². The first-order valence-corrected chi connectivity index (χ1v) is 6.89. The van der Waals surface area contributed by atoms with Crippen molar-refractivity contribution in [3.63, 3.8) is 0 Å². The van der Waals surface area contributed by atoms with E-state index in [1.165, 1.54) is 36.9 Å². The van der Waals surface area contributed by atoms with Crippen LogP contribution in [0.15, 0.2) is 24.5 Å². The van der Waals surface area contributed by atoms with E-state index in [-0.39, 0.29) is 10.7 Å². The first-order chi connectivity index (χ1) is 10.1. The first-order valence-electron chi connectivity index (χ1n) is 5.70. The van der Waals surface area contributed by atoms with Crippen molar-refractivity contribution in [1.82, 2.24) is 15.0 Å². The van der Waals surface area contributed by atoms with Gasteiger partial charge in [-0.15, -0.1) is 0 Å². The molecule has 3 aromatic rings. The second kappa shape index (κ2) is 5.23. The maximum atomic E-state index is 10.9. The minimum atomic E-state index is -0.528. The predicted octanol–water partition coefficient (Wildman–Crippen LogP) is 3.32. The van der Waals surface area contributed by atoms with Crippen molar-refractivity contribution in [2.75, 3.05) is 7.11 Å². The Labute approximate surface area is 127 Å². The summed E-state index contributed by atoms with van der Waals surface area (Å²) in [7, 11) is 1.49. The molecular weight excluding hydrogens is 316 g/mol. The number of thiazole rings is 1. The summed E-state index contributed by atoms with van der Waals surface area (Å²) in [4.78, 5) is 23.5. The predicted molar refractivity (Wildman–Crippen MR) is 78.9 cm³/mol. The molecule has 0 saturated carbocycles. The summed E-state index contributed by atoms with van der Waals surface area (Å²) >= 11 is 7.10. The molecule has 0 spiro atoms. The summed E-state index contributed by atoms with van der Waals surface area (Å²) in [6.45, 7) is 0. The highest BCUT2D eigenvalue weighted by Gasteiger charge is 2.17. The lowest BCUT2D eigenvalue weighted by Gasteiger charge is -1.98. The van der Waals surface area contributed by atoms with Crippen LogP contribution in [-0.2, 0) is 0 Å². The first kappa shape index (κ1) is 13.7. The molecule has 0 amide bonds. The molecule has 0 fully saturated rings. The van der Waals surface area contributed by atoms with Gasteiger partial charge in [0.05, 0.1) is 12.0 Å². The zero-order valence-corrected chi connectivity index (χ0v) is 12.2. The van der Waals surface area contributed by atoms with Gasteiger partial charge in [0.2, 0.25) is 5.88 Å². The van der Waals surface area contributed by atoms with Gasteiger partial charge in [0.1, 0.15) is 16.4 Å². The van der Waals surface area contributed by atoms with Crippen LogP contribution in [0, 0.1) is 10.1 Å². The van der Waals surface area contributed by atoms with Crippen molar-refractivity contribution in [3.8, 4) is 16.5 Å². The Bertz CT molecular complexity index is 852. The van der Waals surface area contributed by atoms with E-state index >= 15 is 0 Å². The van der Waals surface area contributed by atoms with Crippen molar-refractivity contribution >= 4 is 39.0 Å². The van der Waals surface area contributed by atoms with Crippen molar-refractivity contribution in [2.45, 2.75) is 0 Å². The van der Waals surface area contributed by atoms with Crippen LogP contribution in [0.4, 0.5) is 5.69 Å². The molecule has 21 heavy (non-hydrogen) atoms. The fraction of sp³-hybridized carbons (Fsp3) is 0.0833. The average molecular weight is 323 g/mol. The fourth-order valence-electron chi connectivity index (χ4n) is 1.79. The molecular formula is C12H7ClN4O3S. The van der Waals surface area contributed by atoms with Gasteiger partial charge in [0, 0.05) is 11.6 Å². The third-order valence-electron chi connectivity index (χ3n) is 2.74. The van der Waals surface area contributed by atoms with Crippen LogP contribution in [0.1, 0.15) is 0 Å². The summed E-state index contributed by atoms with van der Waals surface area (Å²) < 4.78 is 5.12. The van der Waals surface area contributed by atoms with Gasteiger partial charge in [-0.05, 0) is 12.1 Å². The quantitative estimate of drug-likeness (QED) is 0.542. The summed E-state index contributed by atoms with van der Waals surface area (Å²) in [6.07, 6.45) is 1.38. The largest absolute Gasteiger partial charge is 0.479 e. The van der Waals surface area contributed by atoms with E-state index in [0.717, 1.165) is 0 Å². The molecule has 0 saturated heterocycles. The Hall–Kier alpha value is -2.32. The number of halogens is 1. The van der Waals surface area contributed by atoms with Gasteiger partial charge in [0.15, 0.2) is 10.3 Å². The number of aromatic nitrogens is 3.